The van der Waals surface area contributed by atoms with E-state index < -0.39 is 0 Å². The van der Waals surface area contributed by atoms with E-state index in [1.165, 1.54) is 119 Å². The van der Waals surface area contributed by atoms with Crippen molar-refractivity contribution >= 4 is 108 Å². The minimum atomic E-state index is 1.10. The van der Waals surface area contributed by atoms with Gasteiger partial charge in [-0.2, -0.15) is 0 Å². The van der Waals surface area contributed by atoms with E-state index in [1.807, 2.05) is 0 Å². The van der Waals surface area contributed by atoms with Crippen LogP contribution in [0.25, 0.3) is 186 Å². The van der Waals surface area contributed by atoms with Gasteiger partial charge < -0.3 is 9.13 Å². The van der Waals surface area contributed by atoms with E-state index in [0.29, 0.717) is 0 Å². The SMILES string of the molecule is c1ccc(-c2c(-c3ccccc3)n(-c3ccc4cc5ccccc5cc4c3)c3cc4c(-c5ccc6ccccc6c5)c5cc6c(-c7ccccc7)c(-c7ccccc7)n(-c7ccc8cc9ccccc9cc8c7)c6cc5c(-c5ccc6ccccc6c5)c4cc23)cc1. The van der Waals surface area contributed by atoms with Crippen LogP contribution >= 0.6 is 0 Å². The largest absolute Gasteiger partial charge is 0.309 e. The predicted molar refractivity (Wildman–Crippen MR) is 393 cm³/mol. The average molecular weight is 1170 g/mol. The summed E-state index contributed by atoms with van der Waals surface area (Å²) in [6.07, 6.45) is 0. The van der Waals surface area contributed by atoms with Gasteiger partial charge in [0, 0.05) is 33.3 Å². The molecule has 2 aromatic heterocycles. The Morgan fingerprint density at radius 3 is 0.804 bits per heavy atom. The van der Waals surface area contributed by atoms with Crippen LogP contribution in [0.15, 0.2) is 340 Å². The molecule has 92 heavy (non-hydrogen) atoms. The molecule has 2 nitrogen and oxygen atoms in total. The molecule has 0 aliphatic rings. The van der Waals surface area contributed by atoms with E-state index in [4.69, 9.17) is 0 Å². The number of benzene rings is 17. The fourth-order valence-electron chi connectivity index (χ4n) is 15.3. The van der Waals surface area contributed by atoms with Gasteiger partial charge in [-0.25, -0.2) is 0 Å². The molecule has 17 aromatic carbocycles. The lowest BCUT2D eigenvalue weighted by Gasteiger charge is -2.20. The van der Waals surface area contributed by atoms with Gasteiger partial charge in [0.05, 0.1) is 22.4 Å². The Labute approximate surface area is 532 Å². The number of hydrogen-bond acceptors (Lipinski definition) is 0. The number of aromatic nitrogens is 2. The topological polar surface area (TPSA) is 9.86 Å². The summed E-state index contributed by atoms with van der Waals surface area (Å²) in [7, 11) is 0. The van der Waals surface area contributed by atoms with Crippen LogP contribution in [0, 0.1) is 0 Å². The molecule has 0 aliphatic heterocycles. The molecule has 0 saturated carbocycles. The van der Waals surface area contributed by atoms with Gasteiger partial charge in [0.15, 0.2) is 0 Å². The van der Waals surface area contributed by atoms with Crippen molar-refractivity contribution in [3.63, 3.8) is 0 Å². The van der Waals surface area contributed by atoms with Crippen molar-refractivity contribution in [3.05, 3.63) is 340 Å². The molecule has 0 saturated heterocycles. The van der Waals surface area contributed by atoms with Crippen molar-refractivity contribution in [2.45, 2.75) is 0 Å². The maximum absolute atomic E-state index is 2.57. The summed E-state index contributed by atoms with van der Waals surface area (Å²) in [5.74, 6) is 0. The fraction of sp³-hybridized carbons (Fsp3) is 0. The second-order valence-electron chi connectivity index (χ2n) is 24.7. The molecule has 0 atom stereocenters. The highest BCUT2D eigenvalue weighted by atomic mass is 15.0. The zero-order chi connectivity index (χ0) is 60.4. The van der Waals surface area contributed by atoms with Crippen LogP contribution in [0.2, 0.25) is 0 Å². The van der Waals surface area contributed by atoms with Crippen molar-refractivity contribution < 1.29 is 0 Å². The summed E-state index contributed by atoms with van der Waals surface area (Å²) in [6.45, 7) is 0. The van der Waals surface area contributed by atoms with Crippen LogP contribution in [-0.2, 0) is 0 Å². The third kappa shape index (κ3) is 8.28. The second kappa shape index (κ2) is 20.8. The molecule has 0 bridgehead atoms. The Morgan fingerprint density at radius 2 is 0.435 bits per heavy atom. The molecule has 2 heterocycles. The van der Waals surface area contributed by atoms with E-state index in [2.05, 4.69) is 349 Å². The maximum Gasteiger partial charge on any atom is 0.0619 e. The normalized spacial score (nSPS) is 11.9. The van der Waals surface area contributed by atoms with Crippen LogP contribution in [-0.4, -0.2) is 9.13 Å². The first-order valence-electron chi connectivity index (χ1n) is 31.9. The lowest BCUT2D eigenvalue weighted by atomic mass is 9.83. The van der Waals surface area contributed by atoms with Gasteiger partial charge >= 0.3 is 0 Å². The highest BCUT2D eigenvalue weighted by molar-refractivity contribution is 6.28. The zero-order valence-corrected chi connectivity index (χ0v) is 50.2. The van der Waals surface area contributed by atoms with Crippen LogP contribution < -0.4 is 0 Å². The second-order valence-corrected chi connectivity index (χ2v) is 24.7. The number of nitrogens with zero attached hydrogens (tertiary/aromatic N) is 2. The summed E-state index contributed by atoms with van der Waals surface area (Å²) in [5.41, 5.74) is 18.5. The number of fused-ring (bicyclic) bond motifs is 10. The van der Waals surface area contributed by atoms with E-state index in [1.54, 1.807) is 0 Å². The summed E-state index contributed by atoms with van der Waals surface area (Å²) in [6, 6.07) is 127. The quantitative estimate of drug-likeness (QED) is 0.134. The summed E-state index contributed by atoms with van der Waals surface area (Å²) < 4.78 is 5.14. The molecule has 0 amide bonds. The van der Waals surface area contributed by atoms with Crippen LogP contribution in [0.5, 0.6) is 0 Å². The molecular formula is C90H56N2. The van der Waals surface area contributed by atoms with Gasteiger partial charge in [0.2, 0.25) is 0 Å². The van der Waals surface area contributed by atoms with Gasteiger partial charge in [-0.05, 0) is 216 Å². The Bertz CT molecular complexity index is 5830. The Morgan fingerprint density at radius 1 is 0.152 bits per heavy atom. The Kier molecular flexibility index (Phi) is 11.7. The molecule has 2 heteroatoms. The average Bonchev–Trinajstić information content (AvgIpc) is 1.42. The van der Waals surface area contributed by atoms with Gasteiger partial charge in [0.1, 0.15) is 0 Å². The molecule has 19 rings (SSSR count). The minimum Gasteiger partial charge on any atom is -0.309 e. The molecule has 0 N–H and O–H groups in total. The van der Waals surface area contributed by atoms with Gasteiger partial charge in [-0.3, -0.25) is 0 Å². The van der Waals surface area contributed by atoms with Gasteiger partial charge in [0.25, 0.3) is 0 Å². The van der Waals surface area contributed by atoms with Gasteiger partial charge in [-0.15, -0.1) is 0 Å². The van der Waals surface area contributed by atoms with Crippen LogP contribution in [0.1, 0.15) is 0 Å². The van der Waals surface area contributed by atoms with Crippen molar-refractivity contribution in [2.75, 3.05) is 0 Å². The van der Waals surface area contributed by atoms with Crippen LogP contribution in [0.4, 0.5) is 0 Å². The molecule has 0 unspecified atom stereocenters. The summed E-state index contributed by atoms with van der Waals surface area (Å²) >= 11 is 0. The number of rotatable bonds is 8. The van der Waals surface area contributed by atoms with Crippen molar-refractivity contribution in [1.29, 1.82) is 0 Å². The van der Waals surface area contributed by atoms with Crippen molar-refractivity contribution in [1.82, 2.24) is 9.13 Å². The molecule has 19 aromatic rings. The van der Waals surface area contributed by atoms with E-state index in [-0.39, 0.29) is 0 Å². The molecule has 426 valence electrons. The maximum atomic E-state index is 2.57. The third-order valence-electron chi connectivity index (χ3n) is 19.5. The molecule has 0 fully saturated rings. The Balaban J connectivity index is 1.03. The fourth-order valence-corrected chi connectivity index (χ4v) is 15.3. The molecule has 0 spiro atoms. The van der Waals surface area contributed by atoms with Crippen LogP contribution in [0.3, 0.4) is 0 Å². The molecule has 0 radical (unpaired) electrons. The molecule has 0 aliphatic carbocycles. The standard InChI is InChI=1S/C90H56N2/c1-5-23-59(24-6-1)87-81-53-77-79(55-83(81)91(89(87)61-27-9-3-10-28-61)75-43-41-69-45-65-33-17-19-35-67(65)49-73(69)51-75)86(72-40-38-58-22-14-16-32-64(58)48-72)78-54-82-84(56-80(78)85(77)71-39-37-57-21-13-15-31-63(57)47-71)92(76-44-42-70-46-66-34-18-20-36-68(66)50-74(70)52-76)90(62-29-11-4-12-30-62)88(82)60-25-7-2-8-26-60/h1-56H. The first-order chi connectivity index (χ1) is 45.6. The third-order valence-corrected chi connectivity index (χ3v) is 19.5. The number of hydrogen-bond donors (Lipinski definition) is 0. The monoisotopic (exact) mass is 1160 g/mol. The molecular weight excluding hydrogens is 1110 g/mol. The minimum absolute atomic E-state index is 1.10. The first-order valence-corrected chi connectivity index (χ1v) is 31.9. The summed E-state index contributed by atoms with van der Waals surface area (Å²) in [5, 5.41) is 21.6. The van der Waals surface area contributed by atoms with E-state index >= 15 is 0 Å². The summed E-state index contributed by atoms with van der Waals surface area (Å²) in [4.78, 5) is 0. The zero-order valence-electron chi connectivity index (χ0n) is 50.2. The van der Waals surface area contributed by atoms with E-state index in [9.17, 15) is 0 Å². The van der Waals surface area contributed by atoms with E-state index in [0.717, 1.165) is 67.2 Å². The van der Waals surface area contributed by atoms with Crippen molar-refractivity contribution in [3.8, 4) is 78.4 Å². The first kappa shape index (κ1) is 51.9. The predicted octanol–water partition coefficient (Wildman–Crippen LogP) is 24.8. The van der Waals surface area contributed by atoms with Crippen molar-refractivity contribution in [2.24, 2.45) is 0 Å². The highest BCUT2D eigenvalue weighted by Crippen LogP contribution is 2.53. The smallest absolute Gasteiger partial charge is 0.0619 e. The Hall–Kier alpha value is -12.1. The lowest BCUT2D eigenvalue weighted by molar-refractivity contribution is 1.14. The van der Waals surface area contributed by atoms with Gasteiger partial charge in [-0.1, -0.05) is 255 Å². The highest BCUT2D eigenvalue weighted by Gasteiger charge is 2.29. The lowest BCUT2D eigenvalue weighted by Crippen LogP contribution is -1.99.